The molecule has 0 amide bonds. The van der Waals surface area contributed by atoms with Gasteiger partial charge in [-0.2, -0.15) is 13.2 Å². The average Bonchev–Trinajstić information content (AvgIpc) is 2.82. The summed E-state index contributed by atoms with van der Waals surface area (Å²) in [5, 5.41) is 14.8. The lowest BCUT2D eigenvalue weighted by molar-refractivity contribution is -0.144. The first kappa shape index (κ1) is 18.5. The molecule has 0 spiro atoms. The molecule has 3 aromatic rings. The Morgan fingerprint density at radius 3 is 2.78 bits per heavy atom. The van der Waals surface area contributed by atoms with E-state index in [-0.39, 0.29) is 17.6 Å². The van der Waals surface area contributed by atoms with Gasteiger partial charge in [-0.1, -0.05) is 11.6 Å². The molecule has 1 aliphatic rings. The Balaban J connectivity index is 1.98. The van der Waals surface area contributed by atoms with Crippen LogP contribution in [-0.4, -0.2) is 38.3 Å². The minimum Gasteiger partial charge on any atom is -0.390 e. The topological polar surface area (TPSA) is 63.0 Å². The third kappa shape index (κ3) is 3.26. The number of aliphatic hydroxyl groups excluding tert-OH is 1. The Labute approximate surface area is 158 Å². The third-order valence-corrected chi connectivity index (χ3v) is 5.34. The molecule has 2 N–H and O–H groups in total. The van der Waals surface area contributed by atoms with Crippen molar-refractivity contribution in [3.05, 3.63) is 35.2 Å². The highest BCUT2D eigenvalue weighted by Gasteiger charge is 2.36. The lowest BCUT2D eigenvalue weighted by atomic mass is 10.0. The fraction of sp³-hybridized carbons (Fsp3) is 0.444. The van der Waals surface area contributed by atoms with E-state index in [4.69, 9.17) is 11.6 Å². The Kier molecular flexibility index (Phi) is 4.52. The summed E-state index contributed by atoms with van der Waals surface area (Å²) in [6.07, 6.45) is -2.63. The highest BCUT2D eigenvalue weighted by atomic mass is 35.5. The fourth-order valence-electron chi connectivity index (χ4n) is 3.76. The Morgan fingerprint density at radius 1 is 1.26 bits per heavy atom. The number of fused-ring (bicyclic) bond motifs is 3. The Hall–Kier alpha value is -1.90. The summed E-state index contributed by atoms with van der Waals surface area (Å²) < 4.78 is 41.2. The van der Waals surface area contributed by atoms with Gasteiger partial charge >= 0.3 is 6.18 Å². The van der Waals surface area contributed by atoms with Gasteiger partial charge in [-0.3, -0.25) is 0 Å². The molecular formula is C18H18ClF3N4O. The van der Waals surface area contributed by atoms with Crippen LogP contribution in [0, 0.1) is 0 Å². The number of rotatable bonds is 1. The van der Waals surface area contributed by atoms with Gasteiger partial charge in [0, 0.05) is 23.0 Å². The zero-order valence-electron chi connectivity index (χ0n) is 14.5. The van der Waals surface area contributed by atoms with Crippen molar-refractivity contribution in [1.82, 2.24) is 19.9 Å². The summed E-state index contributed by atoms with van der Waals surface area (Å²) in [7, 11) is 0. The first-order valence-corrected chi connectivity index (χ1v) is 9.08. The standard InChI is InChI=1S/C18H18ClF3N4O/c1-9-2-4-13(15(27)8-23-9)26-12-5-3-10(19)6-11(12)16-14(26)7-24-17(25-16)18(20,21)22/h3,5-7,9,13,15,23,27H,2,4,8H2,1H3/t9?,13-,15-/m1/s1. The van der Waals surface area contributed by atoms with E-state index in [2.05, 4.69) is 15.3 Å². The van der Waals surface area contributed by atoms with Crippen LogP contribution in [0.25, 0.3) is 21.9 Å². The molecule has 1 fully saturated rings. The molecule has 1 aromatic carbocycles. The first-order chi connectivity index (χ1) is 12.8. The normalized spacial score (nSPS) is 24.4. The number of hydrogen-bond donors (Lipinski definition) is 2. The lowest BCUT2D eigenvalue weighted by Gasteiger charge is -2.24. The maximum Gasteiger partial charge on any atom is 0.451 e. The van der Waals surface area contributed by atoms with E-state index >= 15 is 0 Å². The molecule has 0 bridgehead atoms. The van der Waals surface area contributed by atoms with E-state index < -0.39 is 18.1 Å². The van der Waals surface area contributed by atoms with Crippen LogP contribution in [0.1, 0.15) is 31.6 Å². The van der Waals surface area contributed by atoms with Gasteiger partial charge in [0.2, 0.25) is 5.82 Å². The van der Waals surface area contributed by atoms with Crippen molar-refractivity contribution >= 4 is 33.5 Å². The quantitative estimate of drug-likeness (QED) is 0.652. The zero-order valence-corrected chi connectivity index (χ0v) is 15.2. The van der Waals surface area contributed by atoms with E-state index in [1.54, 1.807) is 18.2 Å². The number of aromatic nitrogens is 3. The Morgan fingerprint density at radius 2 is 2.04 bits per heavy atom. The minimum absolute atomic E-state index is 0.187. The molecule has 0 aliphatic carbocycles. The number of halogens is 4. The van der Waals surface area contributed by atoms with Crippen LogP contribution >= 0.6 is 11.6 Å². The van der Waals surface area contributed by atoms with Gasteiger partial charge in [0.15, 0.2) is 0 Å². The maximum absolute atomic E-state index is 13.1. The summed E-state index contributed by atoms with van der Waals surface area (Å²) in [5.41, 5.74) is 1.33. The molecule has 1 saturated heterocycles. The SMILES string of the molecule is CC1CC[C@@H](n2c3ccc(Cl)cc3c3nc(C(F)(F)F)ncc32)[C@H](O)CN1. The van der Waals surface area contributed by atoms with Crippen molar-refractivity contribution in [3.63, 3.8) is 0 Å². The molecule has 144 valence electrons. The van der Waals surface area contributed by atoms with Crippen molar-refractivity contribution in [2.24, 2.45) is 0 Å². The molecule has 4 rings (SSSR count). The number of aliphatic hydroxyl groups is 1. The van der Waals surface area contributed by atoms with Crippen LogP contribution in [0.15, 0.2) is 24.4 Å². The zero-order chi connectivity index (χ0) is 19.3. The molecule has 2 aromatic heterocycles. The van der Waals surface area contributed by atoms with Crippen molar-refractivity contribution in [2.45, 2.75) is 44.1 Å². The first-order valence-electron chi connectivity index (χ1n) is 8.70. The van der Waals surface area contributed by atoms with Gasteiger partial charge < -0.3 is 15.0 Å². The monoisotopic (exact) mass is 398 g/mol. The Bertz CT molecular complexity index is 1000. The number of hydrogen-bond acceptors (Lipinski definition) is 4. The third-order valence-electron chi connectivity index (χ3n) is 5.10. The average molecular weight is 399 g/mol. The molecular weight excluding hydrogens is 381 g/mol. The maximum atomic E-state index is 13.1. The van der Waals surface area contributed by atoms with Crippen LogP contribution in [0.3, 0.4) is 0 Å². The summed E-state index contributed by atoms with van der Waals surface area (Å²) >= 11 is 6.08. The van der Waals surface area contributed by atoms with Crippen LogP contribution in [0.4, 0.5) is 13.2 Å². The largest absolute Gasteiger partial charge is 0.451 e. The molecule has 5 nitrogen and oxygen atoms in total. The molecule has 3 atom stereocenters. The van der Waals surface area contributed by atoms with Crippen molar-refractivity contribution < 1.29 is 18.3 Å². The molecule has 0 saturated carbocycles. The van der Waals surface area contributed by atoms with Crippen LogP contribution < -0.4 is 5.32 Å². The number of β-amino-alcohol motifs (C(OH)–C–C–N with tert-alkyl or cyclic N) is 1. The van der Waals surface area contributed by atoms with Crippen molar-refractivity contribution in [2.75, 3.05) is 6.54 Å². The number of nitrogens with zero attached hydrogens (tertiary/aromatic N) is 3. The molecule has 1 aliphatic heterocycles. The highest BCUT2D eigenvalue weighted by Crippen LogP contribution is 2.37. The second kappa shape index (κ2) is 6.61. The lowest BCUT2D eigenvalue weighted by Crippen LogP contribution is -2.33. The van der Waals surface area contributed by atoms with E-state index in [0.717, 1.165) is 6.42 Å². The van der Waals surface area contributed by atoms with Gasteiger partial charge in [-0.15, -0.1) is 0 Å². The molecule has 9 heteroatoms. The predicted octanol–water partition coefficient (Wildman–Crippen LogP) is 3.93. The highest BCUT2D eigenvalue weighted by molar-refractivity contribution is 6.31. The number of alkyl halides is 3. The van der Waals surface area contributed by atoms with Crippen LogP contribution in [-0.2, 0) is 6.18 Å². The predicted molar refractivity (Wildman–Crippen MR) is 96.8 cm³/mol. The van der Waals surface area contributed by atoms with Gasteiger partial charge in [0.25, 0.3) is 0 Å². The molecule has 27 heavy (non-hydrogen) atoms. The minimum atomic E-state index is -4.64. The molecule has 0 radical (unpaired) electrons. The smallest absolute Gasteiger partial charge is 0.390 e. The number of nitrogens with one attached hydrogen (secondary N) is 1. The van der Waals surface area contributed by atoms with E-state index in [1.807, 2.05) is 11.5 Å². The molecule has 3 heterocycles. The van der Waals surface area contributed by atoms with Crippen molar-refractivity contribution in [1.29, 1.82) is 0 Å². The van der Waals surface area contributed by atoms with Gasteiger partial charge in [0.05, 0.1) is 29.4 Å². The van der Waals surface area contributed by atoms with Gasteiger partial charge in [-0.25, -0.2) is 9.97 Å². The van der Waals surface area contributed by atoms with Gasteiger partial charge in [-0.05, 0) is 38.0 Å². The van der Waals surface area contributed by atoms with Crippen LogP contribution in [0.5, 0.6) is 0 Å². The van der Waals surface area contributed by atoms with Crippen molar-refractivity contribution in [3.8, 4) is 0 Å². The summed E-state index contributed by atoms with van der Waals surface area (Å²) in [6.45, 7) is 2.45. The second-order valence-corrected chi connectivity index (χ2v) is 7.41. The molecule has 1 unspecified atom stereocenters. The van der Waals surface area contributed by atoms with Crippen LogP contribution in [0.2, 0.25) is 5.02 Å². The fourth-order valence-corrected chi connectivity index (χ4v) is 3.93. The van der Waals surface area contributed by atoms with E-state index in [9.17, 15) is 18.3 Å². The van der Waals surface area contributed by atoms with Gasteiger partial charge in [0.1, 0.15) is 5.52 Å². The summed E-state index contributed by atoms with van der Waals surface area (Å²) in [5.74, 6) is -1.19. The summed E-state index contributed by atoms with van der Waals surface area (Å²) in [4.78, 5) is 7.31. The van der Waals surface area contributed by atoms with E-state index in [0.29, 0.717) is 34.4 Å². The summed E-state index contributed by atoms with van der Waals surface area (Å²) in [6, 6.07) is 4.99. The second-order valence-electron chi connectivity index (χ2n) is 6.98. The van der Waals surface area contributed by atoms with E-state index in [1.165, 1.54) is 6.20 Å². The number of benzene rings is 1.